The highest BCUT2D eigenvalue weighted by Gasteiger charge is 2.13. The average Bonchev–Trinajstić information content (AvgIpc) is 2.95. The molecule has 0 fully saturated rings. The van der Waals surface area contributed by atoms with E-state index in [0.717, 1.165) is 30.7 Å². The van der Waals surface area contributed by atoms with Gasteiger partial charge >= 0.3 is 0 Å². The van der Waals surface area contributed by atoms with Gasteiger partial charge in [0.15, 0.2) is 0 Å². The second kappa shape index (κ2) is 14.8. The van der Waals surface area contributed by atoms with Crippen LogP contribution in [-0.4, -0.2) is 4.98 Å². The lowest BCUT2D eigenvalue weighted by Crippen LogP contribution is -1.95. The molecule has 4 heteroatoms. The highest BCUT2D eigenvalue weighted by atomic mass is 79.9. The van der Waals surface area contributed by atoms with Crippen LogP contribution in [0.4, 0.5) is 0 Å². The van der Waals surface area contributed by atoms with E-state index in [1.807, 2.05) is 0 Å². The van der Waals surface area contributed by atoms with Crippen LogP contribution in [0, 0.1) is 0 Å². The van der Waals surface area contributed by atoms with Gasteiger partial charge in [0.05, 0.1) is 11.4 Å². The van der Waals surface area contributed by atoms with Crippen LogP contribution in [0.1, 0.15) is 76.0 Å². The second-order valence-corrected chi connectivity index (χ2v) is 12.9. The number of nitrogens with zero attached hydrogens (tertiary/aromatic N) is 1. The zero-order valence-electron chi connectivity index (χ0n) is 23.3. The Hall–Kier alpha value is -1.75. The maximum Gasteiger partial charge on any atom is 0.0715 e. The predicted octanol–water partition coefficient (Wildman–Crippen LogP) is 12.4. The quantitative estimate of drug-likeness (QED) is 0.143. The average molecular weight is 712 g/mol. The molecule has 39 heavy (non-hydrogen) atoms. The van der Waals surface area contributed by atoms with Crippen molar-refractivity contribution in [1.82, 2.24) is 4.98 Å². The Morgan fingerprint density at radius 2 is 0.821 bits per heavy atom. The predicted molar refractivity (Wildman–Crippen MR) is 179 cm³/mol. The Morgan fingerprint density at radius 1 is 0.462 bits per heavy atom. The molecule has 1 heterocycles. The minimum absolute atomic E-state index is 1.02. The van der Waals surface area contributed by atoms with Crippen molar-refractivity contribution in [3.8, 4) is 33.6 Å². The van der Waals surface area contributed by atoms with Gasteiger partial charge in [-0.3, -0.25) is 0 Å². The third-order valence-electron chi connectivity index (χ3n) is 7.29. The Bertz CT molecular complexity index is 1230. The molecule has 0 saturated heterocycles. The van der Waals surface area contributed by atoms with Gasteiger partial charge in [0.2, 0.25) is 0 Å². The molecule has 4 rings (SSSR count). The van der Waals surface area contributed by atoms with E-state index in [2.05, 4.69) is 135 Å². The molecule has 1 nitrogen and oxygen atoms in total. The minimum atomic E-state index is 1.02. The van der Waals surface area contributed by atoms with E-state index in [1.165, 1.54) is 90.9 Å². The maximum atomic E-state index is 5.25. The molecule has 3 aromatic carbocycles. The molecule has 0 amide bonds. The summed E-state index contributed by atoms with van der Waals surface area (Å²) in [5, 5.41) is 0. The van der Waals surface area contributed by atoms with E-state index in [1.54, 1.807) is 0 Å². The molecular formula is C35H38Br3N. The third-order valence-corrected chi connectivity index (χ3v) is 9.61. The molecule has 0 aliphatic rings. The van der Waals surface area contributed by atoms with Crippen molar-refractivity contribution < 1.29 is 0 Å². The normalized spacial score (nSPS) is 11.2. The molecule has 0 aliphatic heterocycles. The van der Waals surface area contributed by atoms with Crippen molar-refractivity contribution in [2.45, 2.75) is 78.6 Å². The standard InChI is InChI=1S/C35H38Br3N/c1-4-7-10-25-19-24(13-16-31(25)36)30-22-34(28-14-17-32(37)26(20-28)11-8-5-2)39-35(23-30)29-15-18-33(38)27(21-29)12-9-6-3/h13-23H,4-12H2,1-3H3. The number of rotatable bonds is 12. The van der Waals surface area contributed by atoms with Crippen molar-refractivity contribution in [2.24, 2.45) is 0 Å². The van der Waals surface area contributed by atoms with Gasteiger partial charge in [0, 0.05) is 24.5 Å². The van der Waals surface area contributed by atoms with Crippen molar-refractivity contribution in [2.75, 3.05) is 0 Å². The topological polar surface area (TPSA) is 12.9 Å². The zero-order valence-corrected chi connectivity index (χ0v) is 28.1. The Kier molecular flexibility index (Phi) is 11.4. The van der Waals surface area contributed by atoms with Crippen molar-refractivity contribution in [1.29, 1.82) is 0 Å². The summed E-state index contributed by atoms with van der Waals surface area (Å²) in [4.78, 5) is 5.25. The molecule has 0 spiro atoms. The van der Waals surface area contributed by atoms with Crippen molar-refractivity contribution in [3.63, 3.8) is 0 Å². The van der Waals surface area contributed by atoms with E-state index in [-0.39, 0.29) is 0 Å². The Labute approximate surface area is 260 Å². The lowest BCUT2D eigenvalue weighted by Gasteiger charge is -2.14. The molecule has 0 saturated carbocycles. The lowest BCUT2D eigenvalue weighted by atomic mass is 9.96. The number of aryl methyl sites for hydroxylation is 3. The summed E-state index contributed by atoms with van der Waals surface area (Å²) in [7, 11) is 0. The Morgan fingerprint density at radius 3 is 1.21 bits per heavy atom. The first-order chi connectivity index (χ1) is 18.9. The molecule has 0 bridgehead atoms. The van der Waals surface area contributed by atoms with Gasteiger partial charge in [-0.1, -0.05) is 112 Å². The van der Waals surface area contributed by atoms with Gasteiger partial charge < -0.3 is 0 Å². The van der Waals surface area contributed by atoms with Crippen molar-refractivity contribution in [3.05, 3.63) is 96.8 Å². The summed E-state index contributed by atoms with van der Waals surface area (Å²) in [5.41, 5.74) is 10.9. The first kappa shape index (κ1) is 30.2. The Balaban J connectivity index is 1.86. The molecule has 0 N–H and O–H groups in total. The van der Waals surface area contributed by atoms with Crippen LogP contribution in [0.15, 0.2) is 80.1 Å². The summed E-state index contributed by atoms with van der Waals surface area (Å²) in [6.07, 6.45) is 10.3. The summed E-state index contributed by atoms with van der Waals surface area (Å²) in [6.45, 7) is 6.74. The van der Waals surface area contributed by atoms with E-state index < -0.39 is 0 Å². The first-order valence-corrected chi connectivity index (χ1v) is 16.7. The number of hydrogen-bond acceptors (Lipinski definition) is 1. The molecule has 0 atom stereocenters. The summed E-state index contributed by atoms with van der Waals surface area (Å²) < 4.78 is 3.55. The van der Waals surface area contributed by atoms with Gasteiger partial charge in [-0.2, -0.15) is 0 Å². The van der Waals surface area contributed by atoms with E-state index in [9.17, 15) is 0 Å². The fourth-order valence-electron chi connectivity index (χ4n) is 4.89. The number of halogens is 3. The van der Waals surface area contributed by atoms with Gasteiger partial charge in [0.1, 0.15) is 0 Å². The second-order valence-electron chi connectivity index (χ2n) is 10.4. The molecular weight excluding hydrogens is 674 g/mol. The van der Waals surface area contributed by atoms with Gasteiger partial charge in [0.25, 0.3) is 0 Å². The molecule has 0 radical (unpaired) electrons. The molecule has 0 unspecified atom stereocenters. The molecule has 1 aromatic heterocycles. The first-order valence-electron chi connectivity index (χ1n) is 14.3. The molecule has 204 valence electrons. The minimum Gasteiger partial charge on any atom is -0.248 e. The summed E-state index contributed by atoms with van der Waals surface area (Å²) >= 11 is 11.3. The summed E-state index contributed by atoms with van der Waals surface area (Å²) in [6, 6.07) is 24.7. The van der Waals surface area contributed by atoms with Gasteiger partial charge in [-0.15, -0.1) is 0 Å². The van der Waals surface area contributed by atoms with E-state index >= 15 is 0 Å². The summed E-state index contributed by atoms with van der Waals surface area (Å²) in [5.74, 6) is 0. The molecule has 0 aliphatic carbocycles. The van der Waals surface area contributed by atoms with Crippen LogP contribution in [0.25, 0.3) is 33.6 Å². The number of unbranched alkanes of at least 4 members (excludes halogenated alkanes) is 3. The smallest absolute Gasteiger partial charge is 0.0715 e. The fraction of sp³-hybridized carbons (Fsp3) is 0.343. The van der Waals surface area contributed by atoms with E-state index in [4.69, 9.17) is 4.98 Å². The number of aromatic nitrogens is 1. The largest absolute Gasteiger partial charge is 0.248 e. The highest BCUT2D eigenvalue weighted by molar-refractivity contribution is 9.11. The van der Waals surface area contributed by atoms with Crippen LogP contribution < -0.4 is 0 Å². The van der Waals surface area contributed by atoms with Crippen molar-refractivity contribution >= 4 is 47.8 Å². The van der Waals surface area contributed by atoms with Crippen LogP contribution in [0.5, 0.6) is 0 Å². The van der Waals surface area contributed by atoms with Crippen LogP contribution >= 0.6 is 47.8 Å². The van der Waals surface area contributed by atoms with Crippen LogP contribution in [0.3, 0.4) is 0 Å². The monoisotopic (exact) mass is 709 g/mol. The lowest BCUT2D eigenvalue weighted by molar-refractivity contribution is 0.793. The highest BCUT2D eigenvalue weighted by Crippen LogP contribution is 2.35. The van der Waals surface area contributed by atoms with Crippen LogP contribution in [0.2, 0.25) is 0 Å². The zero-order chi connectivity index (χ0) is 27.8. The molecule has 4 aromatic rings. The van der Waals surface area contributed by atoms with E-state index in [0.29, 0.717) is 0 Å². The number of pyridine rings is 1. The SMILES string of the molecule is CCCCc1cc(-c2cc(-c3ccc(Br)c(CCCC)c3)nc(-c3ccc(Br)c(CCCC)c3)c2)ccc1Br. The fourth-order valence-corrected chi connectivity index (χ4v) is 6.23. The third kappa shape index (κ3) is 7.93. The number of hydrogen-bond donors (Lipinski definition) is 0. The maximum absolute atomic E-state index is 5.25. The van der Waals surface area contributed by atoms with Gasteiger partial charge in [-0.25, -0.2) is 4.98 Å². The number of benzene rings is 3. The van der Waals surface area contributed by atoms with Crippen LogP contribution in [-0.2, 0) is 19.3 Å². The van der Waals surface area contributed by atoms with Gasteiger partial charge in [-0.05, 0) is 109 Å².